The molecule has 2 N–H and O–H groups in total. The maximum absolute atomic E-state index is 12.4. The van der Waals surface area contributed by atoms with E-state index in [2.05, 4.69) is 5.32 Å². The summed E-state index contributed by atoms with van der Waals surface area (Å²) >= 11 is 0. The second kappa shape index (κ2) is 8.47. The van der Waals surface area contributed by atoms with Gasteiger partial charge in [0, 0.05) is 25.6 Å². The van der Waals surface area contributed by atoms with Gasteiger partial charge in [0.1, 0.15) is 0 Å². The Morgan fingerprint density at radius 1 is 1.21 bits per heavy atom. The fourth-order valence-electron chi connectivity index (χ4n) is 2.94. The van der Waals surface area contributed by atoms with Crippen LogP contribution in [0.4, 0.5) is 0 Å². The molecule has 1 fully saturated rings. The summed E-state index contributed by atoms with van der Waals surface area (Å²) in [5.74, 6) is -1.08. The van der Waals surface area contributed by atoms with Gasteiger partial charge in [0.15, 0.2) is 0 Å². The smallest absolute Gasteiger partial charge is 0.335 e. The Balaban J connectivity index is 1.90. The molecule has 0 atom stereocenters. The highest BCUT2D eigenvalue weighted by Crippen LogP contribution is 2.19. The average Bonchev–Trinajstić information content (AvgIpc) is 2.60. The number of nitrogens with one attached hydrogen (secondary N) is 1. The zero-order valence-corrected chi connectivity index (χ0v) is 14.0. The minimum absolute atomic E-state index is 0.0353. The lowest BCUT2D eigenvalue weighted by molar-refractivity contribution is -0.135. The first-order valence-corrected chi connectivity index (χ1v) is 8.39. The van der Waals surface area contributed by atoms with Crippen LogP contribution >= 0.6 is 0 Å². The van der Waals surface area contributed by atoms with Crippen LogP contribution in [0.15, 0.2) is 24.3 Å². The molecular weight excluding hydrogens is 308 g/mol. The van der Waals surface area contributed by atoms with Crippen molar-refractivity contribution in [3.8, 4) is 0 Å². The Morgan fingerprint density at radius 2 is 1.88 bits per heavy atom. The molecule has 6 heteroatoms. The number of piperidine rings is 1. The van der Waals surface area contributed by atoms with Gasteiger partial charge >= 0.3 is 5.97 Å². The maximum Gasteiger partial charge on any atom is 0.335 e. The molecule has 2 amide bonds. The summed E-state index contributed by atoms with van der Waals surface area (Å²) in [4.78, 5) is 37.3. The summed E-state index contributed by atoms with van der Waals surface area (Å²) in [7, 11) is 0. The summed E-state index contributed by atoms with van der Waals surface area (Å²) in [5.41, 5.74) is 0.692. The first-order valence-electron chi connectivity index (χ1n) is 8.39. The van der Waals surface area contributed by atoms with Crippen LogP contribution in [0.5, 0.6) is 0 Å². The maximum atomic E-state index is 12.4. The first-order chi connectivity index (χ1) is 11.5. The number of carbonyl (C=O) groups excluding carboxylic acids is 2. The van der Waals surface area contributed by atoms with Crippen LogP contribution in [0.3, 0.4) is 0 Å². The van der Waals surface area contributed by atoms with E-state index in [1.54, 1.807) is 23.1 Å². The van der Waals surface area contributed by atoms with Gasteiger partial charge in [0.2, 0.25) is 11.8 Å². The number of rotatable bonds is 6. The van der Waals surface area contributed by atoms with E-state index < -0.39 is 5.97 Å². The Bertz CT molecular complexity index is 607. The zero-order valence-electron chi connectivity index (χ0n) is 14.0. The number of carboxylic acids is 1. The molecule has 1 aliphatic heterocycles. The number of benzene rings is 1. The molecule has 0 saturated carbocycles. The molecule has 24 heavy (non-hydrogen) atoms. The highest BCUT2D eigenvalue weighted by molar-refractivity contribution is 5.91. The van der Waals surface area contributed by atoms with E-state index >= 15 is 0 Å². The van der Waals surface area contributed by atoms with Crippen molar-refractivity contribution < 1.29 is 19.5 Å². The van der Waals surface area contributed by atoms with Gasteiger partial charge in [-0.15, -0.1) is 0 Å². The highest BCUT2D eigenvalue weighted by Gasteiger charge is 2.27. The van der Waals surface area contributed by atoms with Crippen molar-refractivity contribution in [2.75, 3.05) is 19.6 Å². The Morgan fingerprint density at radius 3 is 2.50 bits per heavy atom. The molecule has 1 aliphatic rings. The molecule has 1 aromatic carbocycles. The van der Waals surface area contributed by atoms with Crippen molar-refractivity contribution in [1.29, 1.82) is 0 Å². The lowest BCUT2D eigenvalue weighted by Crippen LogP contribution is -2.43. The molecule has 2 rings (SSSR count). The van der Waals surface area contributed by atoms with E-state index in [0.717, 1.165) is 6.42 Å². The lowest BCUT2D eigenvalue weighted by atomic mass is 9.95. The van der Waals surface area contributed by atoms with Crippen molar-refractivity contribution in [1.82, 2.24) is 10.2 Å². The van der Waals surface area contributed by atoms with E-state index in [-0.39, 0.29) is 29.7 Å². The van der Waals surface area contributed by atoms with E-state index in [0.29, 0.717) is 38.0 Å². The third kappa shape index (κ3) is 4.57. The summed E-state index contributed by atoms with van der Waals surface area (Å²) < 4.78 is 0. The van der Waals surface area contributed by atoms with E-state index in [9.17, 15) is 19.5 Å². The SMILES string of the molecule is CCCNC(=O)C1CCN(C(=O)Cc2ccccc2C(=O)O)CC1. The molecule has 1 heterocycles. The second-order valence-electron chi connectivity index (χ2n) is 6.09. The van der Waals surface area contributed by atoms with Crippen LogP contribution < -0.4 is 5.32 Å². The van der Waals surface area contributed by atoms with Gasteiger partial charge in [-0.3, -0.25) is 9.59 Å². The quantitative estimate of drug-likeness (QED) is 0.830. The minimum Gasteiger partial charge on any atom is -0.478 e. The van der Waals surface area contributed by atoms with Gasteiger partial charge in [0.25, 0.3) is 0 Å². The summed E-state index contributed by atoms with van der Waals surface area (Å²) in [6, 6.07) is 6.57. The van der Waals surface area contributed by atoms with Crippen molar-refractivity contribution in [3.05, 3.63) is 35.4 Å². The molecule has 6 nitrogen and oxygen atoms in total. The molecule has 0 spiro atoms. The first kappa shape index (κ1) is 18.0. The van der Waals surface area contributed by atoms with Gasteiger partial charge in [-0.25, -0.2) is 4.79 Å². The number of aromatic carboxylic acids is 1. The van der Waals surface area contributed by atoms with Crippen LogP contribution in [0.1, 0.15) is 42.1 Å². The Labute approximate surface area is 141 Å². The van der Waals surface area contributed by atoms with Gasteiger partial charge in [0.05, 0.1) is 12.0 Å². The number of likely N-dealkylation sites (tertiary alicyclic amines) is 1. The normalized spacial score (nSPS) is 15.1. The molecule has 0 aromatic heterocycles. The van der Waals surface area contributed by atoms with Crippen molar-refractivity contribution in [2.24, 2.45) is 5.92 Å². The van der Waals surface area contributed by atoms with Crippen molar-refractivity contribution in [2.45, 2.75) is 32.6 Å². The molecule has 0 radical (unpaired) electrons. The zero-order chi connectivity index (χ0) is 17.5. The third-order valence-corrected chi connectivity index (χ3v) is 4.36. The largest absolute Gasteiger partial charge is 0.478 e. The Hall–Kier alpha value is -2.37. The summed E-state index contributed by atoms with van der Waals surface area (Å²) in [6.45, 7) is 3.77. The second-order valence-corrected chi connectivity index (χ2v) is 6.09. The molecule has 0 aliphatic carbocycles. The van der Waals surface area contributed by atoms with Crippen molar-refractivity contribution >= 4 is 17.8 Å². The predicted molar refractivity (Wildman–Crippen MR) is 89.7 cm³/mol. The van der Waals surface area contributed by atoms with Crippen LogP contribution in [0.25, 0.3) is 0 Å². The average molecular weight is 332 g/mol. The standard InChI is InChI=1S/C18H24N2O4/c1-2-9-19-17(22)13-7-10-20(11-8-13)16(21)12-14-5-3-4-6-15(14)18(23)24/h3-6,13H,2,7-12H2,1H3,(H,19,22)(H,23,24). The number of hydrogen-bond acceptors (Lipinski definition) is 3. The molecule has 1 saturated heterocycles. The molecule has 1 aromatic rings. The van der Waals surface area contributed by atoms with Crippen LogP contribution in [0.2, 0.25) is 0 Å². The number of amides is 2. The third-order valence-electron chi connectivity index (χ3n) is 4.36. The molecule has 0 unspecified atom stereocenters. The number of hydrogen-bond donors (Lipinski definition) is 2. The highest BCUT2D eigenvalue weighted by atomic mass is 16.4. The fraction of sp³-hybridized carbons (Fsp3) is 0.500. The van der Waals surface area contributed by atoms with Gasteiger partial charge in [-0.2, -0.15) is 0 Å². The molecular formula is C18H24N2O4. The van der Waals surface area contributed by atoms with E-state index in [1.807, 2.05) is 6.92 Å². The minimum atomic E-state index is -1.02. The van der Waals surface area contributed by atoms with Crippen LogP contribution in [-0.4, -0.2) is 47.4 Å². The van der Waals surface area contributed by atoms with Crippen LogP contribution in [0, 0.1) is 5.92 Å². The topological polar surface area (TPSA) is 86.7 Å². The summed E-state index contributed by atoms with van der Waals surface area (Å²) in [6.07, 6.45) is 2.30. The number of nitrogens with zero attached hydrogens (tertiary/aromatic N) is 1. The molecule has 130 valence electrons. The Kier molecular flexibility index (Phi) is 6.35. The monoisotopic (exact) mass is 332 g/mol. The van der Waals surface area contributed by atoms with E-state index in [4.69, 9.17) is 0 Å². The van der Waals surface area contributed by atoms with Gasteiger partial charge in [-0.1, -0.05) is 25.1 Å². The predicted octanol–water partition coefficient (Wildman–Crippen LogP) is 1.69. The number of carboxylic acid groups (broad SMARTS) is 1. The van der Waals surface area contributed by atoms with Gasteiger partial charge in [-0.05, 0) is 30.9 Å². The van der Waals surface area contributed by atoms with Crippen molar-refractivity contribution in [3.63, 3.8) is 0 Å². The van der Waals surface area contributed by atoms with Gasteiger partial charge < -0.3 is 15.3 Å². The lowest BCUT2D eigenvalue weighted by Gasteiger charge is -2.31. The number of carbonyl (C=O) groups is 3. The van der Waals surface area contributed by atoms with E-state index in [1.165, 1.54) is 6.07 Å². The summed E-state index contributed by atoms with van der Waals surface area (Å²) in [5, 5.41) is 12.1. The van der Waals surface area contributed by atoms with Crippen LogP contribution in [-0.2, 0) is 16.0 Å². The molecule has 0 bridgehead atoms. The fourth-order valence-corrected chi connectivity index (χ4v) is 2.94.